The van der Waals surface area contributed by atoms with Gasteiger partial charge in [0.25, 0.3) is 0 Å². The van der Waals surface area contributed by atoms with Crippen molar-refractivity contribution in [1.82, 2.24) is 4.57 Å². The fourth-order valence-corrected chi connectivity index (χ4v) is 12.7. The quantitative estimate of drug-likeness (QED) is 0.155. The molecule has 73 heavy (non-hydrogen) atoms. The summed E-state index contributed by atoms with van der Waals surface area (Å²) in [7, 11) is 0. The molecule has 340 valence electrons. The Morgan fingerprint density at radius 3 is 1.71 bits per heavy atom. The molecule has 0 radical (unpaired) electrons. The molecule has 2 heteroatoms. The molecule has 0 N–H and O–H groups in total. The van der Waals surface area contributed by atoms with Crippen LogP contribution < -0.4 is 4.90 Å². The molecule has 2 aliphatic rings. The van der Waals surface area contributed by atoms with Crippen molar-refractivity contribution in [3.8, 4) is 61.3 Å². The highest BCUT2D eigenvalue weighted by molar-refractivity contribution is 6.13. The molecule has 13 aromatic rings. The van der Waals surface area contributed by atoms with Crippen LogP contribution in [0.5, 0.6) is 0 Å². The maximum atomic E-state index is 2.52. The molecule has 0 bridgehead atoms. The zero-order valence-electron chi connectivity index (χ0n) is 40.0. The lowest BCUT2D eigenvalue weighted by atomic mass is 9.65. The lowest BCUT2D eigenvalue weighted by Gasteiger charge is -2.39. The predicted octanol–water partition coefficient (Wildman–Crippen LogP) is 18.8. The van der Waals surface area contributed by atoms with Crippen molar-refractivity contribution >= 4 is 49.6 Å². The highest BCUT2D eigenvalue weighted by Crippen LogP contribution is 2.61. The number of benzene rings is 12. The molecule has 0 fully saturated rings. The van der Waals surface area contributed by atoms with Crippen molar-refractivity contribution in [3.63, 3.8) is 0 Å². The number of aromatic nitrogens is 1. The third-order valence-corrected chi connectivity index (χ3v) is 15.8. The predicted molar refractivity (Wildman–Crippen MR) is 306 cm³/mol. The van der Waals surface area contributed by atoms with E-state index in [1.54, 1.807) is 0 Å². The first kappa shape index (κ1) is 41.3. The number of hydrogen-bond acceptors (Lipinski definition) is 1. The second-order valence-corrected chi connectivity index (χ2v) is 19.6. The minimum Gasteiger partial charge on any atom is -0.310 e. The Hall–Kier alpha value is -9.50. The van der Waals surface area contributed by atoms with Crippen LogP contribution >= 0.6 is 0 Å². The average Bonchev–Trinajstić information content (AvgIpc) is 4.06. The molecular formula is C71H46N2. The molecule has 0 saturated carbocycles. The van der Waals surface area contributed by atoms with Crippen LogP contribution in [0.1, 0.15) is 22.3 Å². The minimum absolute atomic E-state index is 0.507. The number of fused-ring (bicyclic) bond motifs is 13. The van der Waals surface area contributed by atoms with Crippen LogP contribution in [0.4, 0.5) is 17.1 Å². The zero-order chi connectivity index (χ0) is 48.0. The van der Waals surface area contributed by atoms with E-state index in [4.69, 9.17) is 0 Å². The van der Waals surface area contributed by atoms with Crippen molar-refractivity contribution in [3.05, 3.63) is 301 Å². The largest absolute Gasteiger partial charge is 0.310 e. The molecular weight excluding hydrogens is 881 g/mol. The summed E-state index contributed by atoms with van der Waals surface area (Å²) in [5.74, 6) is 0. The second kappa shape index (κ2) is 16.3. The third kappa shape index (κ3) is 6.17. The van der Waals surface area contributed by atoms with Gasteiger partial charge in [0.2, 0.25) is 0 Å². The van der Waals surface area contributed by atoms with Gasteiger partial charge in [0.05, 0.1) is 27.8 Å². The topological polar surface area (TPSA) is 8.17 Å². The van der Waals surface area contributed by atoms with Crippen LogP contribution in [0.25, 0.3) is 93.9 Å². The Bertz CT molecular complexity index is 4330. The van der Waals surface area contributed by atoms with Gasteiger partial charge in [0.1, 0.15) is 0 Å². The van der Waals surface area contributed by atoms with Crippen molar-refractivity contribution < 1.29 is 0 Å². The summed E-state index contributed by atoms with van der Waals surface area (Å²) >= 11 is 0. The van der Waals surface area contributed by atoms with Crippen molar-refractivity contribution in [2.45, 2.75) is 5.41 Å². The first-order chi connectivity index (χ1) is 36.2. The van der Waals surface area contributed by atoms with Crippen molar-refractivity contribution in [2.75, 3.05) is 4.90 Å². The lowest BCUT2D eigenvalue weighted by Crippen LogP contribution is -2.33. The van der Waals surface area contributed by atoms with E-state index in [1.807, 2.05) is 0 Å². The Balaban J connectivity index is 0.888. The fourth-order valence-electron chi connectivity index (χ4n) is 12.7. The highest BCUT2D eigenvalue weighted by Gasteiger charge is 2.50. The summed E-state index contributed by atoms with van der Waals surface area (Å²) < 4.78 is 2.52. The van der Waals surface area contributed by atoms with E-state index in [1.165, 1.54) is 111 Å². The molecule has 12 aromatic carbocycles. The molecule has 1 aliphatic heterocycles. The summed E-state index contributed by atoms with van der Waals surface area (Å²) in [4.78, 5) is 2.44. The standard InChI is InChI=1S/C71H46N2/c1-3-19-47(20-4-1)49-23-17-24-54(44-49)72(67-34-14-10-28-60(67)57-26-8-7-25-56(57)48-21-5-2-6-22-48)55-41-39-51-43-50(37-38-52(51)45-55)53-40-42-59-58-27-9-12-31-63(58)71(66(59)46-53)64-32-13-16-36-69(64)73-68-35-15-11-29-61(68)62-30-18-33-65(71)70(62)73/h1-46H. The van der Waals surface area contributed by atoms with Gasteiger partial charge in [-0.05, 0) is 138 Å². The zero-order valence-corrected chi connectivity index (χ0v) is 40.0. The summed E-state index contributed by atoms with van der Waals surface area (Å²) in [6.45, 7) is 0. The van der Waals surface area contributed by atoms with Crippen LogP contribution in [0.2, 0.25) is 0 Å². The number of rotatable bonds is 7. The summed E-state index contributed by atoms with van der Waals surface area (Å²) in [6, 6.07) is 103. The van der Waals surface area contributed by atoms with Gasteiger partial charge >= 0.3 is 0 Å². The lowest BCUT2D eigenvalue weighted by molar-refractivity contribution is 0.749. The minimum atomic E-state index is -0.507. The third-order valence-electron chi connectivity index (χ3n) is 15.8. The van der Waals surface area contributed by atoms with Crippen molar-refractivity contribution in [1.29, 1.82) is 0 Å². The molecule has 1 spiro atoms. The highest BCUT2D eigenvalue weighted by atomic mass is 15.1. The number of para-hydroxylation sites is 4. The molecule has 1 unspecified atom stereocenters. The van der Waals surface area contributed by atoms with E-state index in [-0.39, 0.29) is 0 Å². The number of hydrogen-bond donors (Lipinski definition) is 0. The van der Waals surface area contributed by atoms with Gasteiger partial charge in [-0.2, -0.15) is 0 Å². The molecule has 0 amide bonds. The Morgan fingerprint density at radius 2 is 0.849 bits per heavy atom. The van der Waals surface area contributed by atoms with E-state index >= 15 is 0 Å². The van der Waals surface area contributed by atoms with Crippen molar-refractivity contribution in [2.24, 2.45) is 0 Å². The molecule has 1 aromatic heterocycles. The van der Waals surface area contributed by atoms with Crippen LogP contribution in [0.15, 0.2) is 279 Å². The van der Waals surface area contributed by atoms with Crippen LogP contribution in [0, 0.1) is 0 Å². The second-order valence-electron chi connectivity index (χ2n) is 19.6. The smallest absolute Gasteiger partial charge is 0.0754 e. The van der Waals surface area contributed by atoms with Gasteiger partial charge in [0, 0.05) is 27.7 Å². The first-order valence-corrected chi connectivity index (χ1v) is 25.3. The van der Waals surface area contributed by atoms with Gasteiger partial charge in [0.15, 0.2) is 0 Å². The Morgan fingerprint density at radius 1 is 0.288 bits per heavy atom. The summed E-state index contributed by atoms with van der Waals surface area (Å²) in [6.07, 6.45) is 0. The van der Waals surface area contributed by atoms with Gasteiger partial charge < -0.3 is 9.47 Å². The van der Waals surface area contributed by atoms with E-state index in [9.17, 15) is 0 Å². The Kier molecular flexibility index (Phi) is 9.21. The number of nitrogens with zero attached hydrogens (tertiary/aromatic N) is 2. The molecule has 15 rings (SSSR count). The molecule has 1 aliphatic carbocycles. The first-order valence-electron chi connectivity index (χ1n) is 25.3. The molecule has 0 saturated heterocycles. The maximum absolute atomic E-state index is 2.52. The number of anilines is 3. The van der Waals surface area contributed by atoms with E-state index in [0.717, 1.165) is 22.6 Å². The normalized spacial score (nSPS) is 14.1. The average molecular weight is 927 g/mol. The SMILES string of the molecule is c1ccc(-c2cccc(N(c3ccc4cc(-c5ccc6c(c5)C5(c7ccccc7-6)c6ccccc6-n6c7ccccc7c7cccc5c76)ccc4c3)c3ccccc3-c3ccccc3-c3ccccc3)c2)cc1. The van der Waals surface area contributed by atoms with Gasteiger partial charge in [-0.3, -0.25) is 0 Å². The molecule has 2 heterocycles. The maximum Gasteiger partial charge on any atom is 0.0754 e. The fraction of sp³-hybridized carbons (Fsp3) is 0.0141. The van der Waals surface area contributed by atoms with Gasteiger partial charge in [-0.15, -0.1) is 0 Å². The molecule has 1 atom stereocenters. The van der Waals surface area contributed by atoms with Gasteiger partial charge in [-0.1, -0.05) is 224 Å². The summed E-state index contributed by atoms with van der Waals surface area (Å²) in [5.41, 5.74) is 24.0. The van der Waals surface area contributed by atoms with Crippen LogP contribution in [0.3, 0.4) is 0 Å². The van der Waals surface area contributed by atoms with E-state index in [2.05, 4.69) is 289 Å². The van der Waals surface area contributed by atoms with Crippen LogP contribution in [-0.4, -0.2) is 4.57 Å². The Labute approximate surface area is 425 Å². The summed E-state index contributed by atoms with van der Waals surface area (Å²) in [5, 5.41) is 4.95. The van der Waals surface area contributed by atoms with E-state index in [0.29, 0.717) is 0 Å². The monoisotopic (exact) mass is 926 g/mol. The van der Waals surface area contributed by atoms with E-state index < -0.39 is 5.41 Å². The van der Waals surface area contributed by atoms with Gasteiger partial charge in [-0.25, -0.2) is 0 Å². The molecule has 2 nitrogen and oxygen atoms in total. The van der Waals surface area contributed by atoms with Crippen LogP contribution in [-0.2, 0) is 5.41 Å².